The van der Waals surface area contributed by atoms with Crippen LogP contribution >= 0.6 is 17.0 Å². The molecule has 0 unspecified atom stereocenters. The molecular weight excluding hydrogens is 530 g/mol. The predicted molar refractivity (Wildman–Crippen MR) is 124 cm³/mol. The summed E-state index contributed by atoms with van der Waals surface area (Å²) in [5, 5.41) is 0. The molecule has 2 aromatic carbocycles. The predicted octanol–water partition coefficient (Wildman–Crippen LogP) is 3.90. The quantitative estimate of drug-likeness (QED) is 0.351. The Kier molecular flexibility index (Phi) is 6.83. The minimum absolute atomic E-state index is 0. The van der Waals surface area contributed by atoms with E-state index in [4.69, 9.17) is 0 Å². The number of aryl methyl sites for hydroxylation is 1. The summed E-state index contributed by atoms with van der Waals surface area (Å²) in [4.78, 5) is 2.48. The van der Waals surface area contributed by atoms with E-state index in [1.165, 1.54) is 34.7 Å². The van der Waals surface area contributed by atoms with Crippen LogP contribution in [0.2, 0.25) is 0 Å². The number of rotatable bonds is 4. The molecule has 2 nitrogen and oxygen atoms in total. The van der Waals surface area contributed by atoms with E-state index in [9.17, 15) is 0 Å². The standard InChI is InChI=1S/C22H23N2Se2.BrH/c1-4-23-17-10-6-8-12-19(17)25-21(23)14-16(3)15-22-24(5-2)18-11-7-9-13-20(18)26-22;/h6-15H,4-5H2,1-3H3;1H/q+1;. The molecule has 1 aliphatic rings. The van der Waals surface area contributed by atoms with Gasteiger partial charge in [0, 0.05) is 0 Å². The molecule has 0 bridgehead atoms. The van der Waals surface area contributed by atoms with E-state index < -0.39 is 0 Å². The van der Waals surface area contributed by atoms with Gasteiger partial charge in [0.05, 0.1) is 0 Å². The van der Waals surface area contributed by atoms with E-state index >= 15 is 0 Å². The first kappa shape index (κ1) is 20.6. The SMILES string of the molecule is Br.CCN1/C(=C/C(C)=C/c2[se]c3ccccc3[n+]2CC)[Se]c2ccccc21. The number of halogens is 1. The van der Waals surface area contributed by atoms with E-state index in [0.717, 1.165) is 13.1 Å². The Morgan fingerprint density at radius 2 is 1.81 bits per heavy atom. The zero-order chi connectivity index (χ0) is 18.1. The summed E-state index contributed by atoms with van der Waals surface area (Å²) in [6.07, 6.45) is 4.81. The van der Waals surface area contributed by atoms with Crippen LogP contribution in [0.4, 0.5) is 5.69 Å². The normalized spacial score (nSPS) is 15.3. The molecule has 140 valence electrons. The summed E-state index contributed by atoms with van der Waals surface area (Å²) in [6.45, 7) is 8.81. The number of fused-ring (bicyclic) bond motifs is 2. The van der Waals surface area contributed by atoms with E-state index in [0.29, 0.717) is 29.5 Å². The van der Waals surface area contributed by atoms with Gasteiger partial charge in [0.25, 0.3) is 0 Å². The molecule has 0 radical (unpaired) electrons. The molecule has 3 aromatic rings. The van der Waals surface area contributed by atoms with Crippen molar-refractivity contribution in [1.82, 2.24) is 0 Å². The van der Waals surface area contributed by atoms with Gasteiger partial charge in [-0.25, -0.2) is 0 Å². The van der Waals surface area contributed by atoms with Gasteiger partial charge in [-0.05, 0) is 0 Å². The molecule has 0 spiro atoms. The number of benzene rings is 2. The molecule has 0 saturated carbocycles. The van der Waals surface area contributed by atoms with Crippen molar-refractivity contribution in [2.45, 2.75) is 27.3 Å². The van der Waals surface area contributed by atoms with Crippen molar-refractivity contribution < 1.29 is 4.57 Å². The fourth-order valence-electron chi connectivity index (χ4n) is 3.40. The first-order chi connectivity index (χ1) is 12.7. The second-order valence-corrected chi connectivity index (χ2v) is 10.8. The van der Waals surface area contributed by atoms with Crippen LogP contribution in [0, 0.1) is 0 Å². The Balaban J connectivity index is 0.00000210. The maximum atomic E-state index is 2.48. The first-order valence-electron chi connectivity index (χ1n) is 9.07. The molecule has 0 amide bonds. The van der Waals surface area contributed by atoms with Crippen molar-refractivity contribution in [3.63, 3.8) is 0 Å². The van der Waals surface area contributed by atoms with Gasteiger partial charge in [-0.3, -0.25) is 0 Å². The third kappa shape index (κ3) is 4.04. The number of allylic oxidation sites excluding steroid dienone is 2. The minimum atomic E-state index is 0. The molecule has 0 saturated heterocycles. The second-order valence-electron chi connectivity index (χ2n) is 6.34. The van der Waals surface area contributed by atoms with Crippen molar-refractivity contribution in [2.75, 3.05) is 11.4 Å². The second kappa shape index (κ2) is 8.94. The summed E-state index contributed by atoms with van der Waals surface area (Å²) < 4.78 is 8.43. The topological polar surface area (TPSA) is 7.12 Å². The Morgan fingerprint density at radius 1 is 1.07 bits per heavy atom. The monoisotopic (exact) mass is 555 g/mol. The van der Waals surface area contributed by atoms with Crippen LogP contribution in [-0.2, 0) is 6.54 Å². The number of aromatic nitrogens is 1. The van der Waals surface area contributed by atoms with E-state index in [2.05, 4.69) is 90.9 Å². The van der Waals surface area contributed by atoms with Crippen molar-refractivity contribution in [3.05, 3.63) is 69.3 Å². The van der Waals surface area contributed by atoms with Crippen LogP contribution in [-0.4, -0.2) is 36.0 Å². The summed E-state index contributed by atoms with van der Waals surface area (Å²) >= 11 is 0.807. The molecule has 4 rings (SSSR count). The fraction of sp³-hybridized carbons (Fsp3) is 0.227. The van der Waals surface area contributed by atoms with Crippen molar-refractivity contribution in [3.8, 4) is 0 Å². The zero-order valence-electron chi connectivity index (χ0n) is 15.8. The van der Waals surface area contributed by atoms with Crippen molar-refractivity contribution >= 4 is 72.4 Å². The molecule has 27 heavy (non-hydrogen) atoms. The third-order valence-electron chi connectivity index (χ3n) is 4.61. The third-order valence-corrected chi connectivity index (χ3v) is 9.28. The number of anilines is 1. The summed E-state index contributed by atoms with van der Waals surface area (Å²) in [5.41, 5.74) is 4.15. The van der Waals surface area contributed by atoms with E-state index in [-0.39, 0.29) is 17.0 Å². The van der Waals surface area contributed by atoms with Gasteiger partial charge in [0.1, 0.15) is 0 Å². The van der Waals surface area contributed by atoms with Crippen LogP contribution in [0.3, 0.4) is 0 Å². The molecule has 0 aliphatic carbocycles. The van der Waals surface area contributed by atoms with Crippen molar-refractivity contribution in [1.29, 1.82) is 0 Å². The molecule has 0 fully saturated rings. The Bertz CT molecular complexity index is 1020. The Morgan fingerprint density at radius 3 is 2.59 bits per heavy atom. The zero-order valence-corrected chi connectivity index (χ0v) is 20.9. The summed E-state index contributed by atoms with van der Waals surface area (Å²) in [6, 6.07) is 17.7. The molecule has 1 aromatic heterocycles. The average Bonchev–Trinajstić information content (AvgIpc) is 3.17. The van der Waals surface area contributed by atoms with E-state index in [1.54, 1.807) is 0 Å². The van der Waals surface area contributed by atoms with Gasteiger partial charge in [-0.2, -0.15) is 0 Å². The molecule has 1 aliphatic heterocycles. The van der Waals surface area contributed by atoms with Crippen LogP contribution < -0.4 is 13.9 Å². The number of hydrogen-bond donors (Lipinski definition) is 0. The molecule has 0 atom stereocenters. The Labute approximate surface area is 184 Å². The van der Waals surface area contributed by atoms with Gasteiger partial charge >= 0.3 is 168 Å². The maximum absolute atomic E-state index is 2.48. The van der Waals surface area contributed by atoms with Crippen LogP contribution in [0.1, 0.15) is 25.3 Å². The molecule has 0 N–H and O–H groups in total. The van der Waals surface area contributed by atoms with Crippen LogP contribution in [0.5, 0.6) is 0 Å². The summed E-state index contributed by atoms with van der Waals surface area (Å²) in [5.74, 6) is 0. The number of nitrogens with zero attached hydrogens (tertiary/aromatic N) is 2. The summed E-state index contributed by atoms with van der Waals surface area (Å²) in [7, 11) is 0. The van der Waals surface area contributed by atoms with Crippen molar-refractivity contribution in [2.24, 2.45) is 0 Å². The van der Waals surface area contributed by atoms with Gasteiger partial charge in [-0.15, -0.1) is 17.0 Å². The molecule has 2 heterocycles. The van der Waals surface area contributed by atoms with Gasteiger partial charge in [-0.1, -0.05) is 0 Å². The Hall–Kier alpha value is -1.09. The van der Waals surface area contributed by atoms with Crippen LogP contribution in [0.15, 0.2) is 64.8 Å². The van der Waals surface area contributed by atoms with E-state index in [1.807, 2.05) is 0 Å². The van der Waals surface area contributed by atoms with Gasteiger partial charge in [0.2, 0.25) is 0 Å². The van der Waals surface area contributed by atoms with Gasteiger partial charge in [0.15, 0.2) is 0 Å². The van der Waals surface area contributed by atoms with Crippen LogP contribution in [0.25, 0.3) is 15.9 Å². The number of hydrogen-bond acceptors (Lipinski definition) is 1. The number of para-hydroxylation sites is 2. The van der Waals surface area contributed by atoms with Gasteiger partial charge < -0.3 is 0 Å². The average molecular weight is 554 g/mol. The molecular formula is C22H24BrN2Se2+. The fourth-order valence-corrected chi connectivity index (χ4v) is 8.60. The first-order valence-corrected chi connectivity index (χ1v) is 12.5. The molecule has 5 heteroatoms.